The first kappa shape index (κ1) is 8.83. The van der Waals surface area contributed by atoms with Crippen LogP contribution < -0.4 is 0 Å². The van der Waals surface area contributed by atoms with Gasteiger partial charge in [0.1, 0.15) is 0 Å². The van der Waals surface area contributed by atoms with Crippen LogP contribution in [0.3, 0.4) is 0 Å². The van der Waals surface area contributed by atoms with Gasteiger partial charge in [-0.2, -0.15) is 0 Å². The molecular formula is C2H6Si2. The van der Waals surface area contributed by atoms with Crippen LogP contribution in [-0.2, 0) is 0 Å². The van der Waals surface area contributed by atoms with Crippen molar-refractivity contribution in [2.24, 2.45) is 0 Å². The molecule has 4 heavy (non-hydrogen) atoms. The second kappa shape index (κ2) is 9.89. The maximum absolute atomic E-state index is 2.15. The Morgan fingerprint density at radius 3 is 1.25 bits per heavy atom. The molecular weight excluding hydrogens is 80.2 g/mol. The molecule has 0 amide bonds. The Kier molecular flexibility index (Phi) is 21.8. The van der Waals surface area contributed by atoms with Crippen LogP contribution in [0, 0.1) is 0 Å². The highest BCUT2D eigenvalue weighted by molar-refractivity contribution is 6.31. The minimum Gasteiger partial charge on any atom is -0.0735 e. The summed E-state index contributed by atoms with van der Waals surface area (Å²) in [5, 5.41) is 0. The van der Waals surface area contributed by atoms with Crippen LogP contribution in [0.4, 0.5) is 0 Å². The topological polar surface area (TPSA) is 0 Å². The summed E-state index contributed by atoms with van der Waals surface area (Å²) in [6.07, 6.45) is 0. The van der Waals surface area contributed by atoms with Crippen molar-refractivity contribution in [3.8, 4) is 0 Å². The molecule has 0 spiro atoms. The van der Waals surface area contributed by atoms with Gasteiger partial charge in [-0.15, -0.1) is 0 Å². The quantitative estimate of drug-likeness (QED) is 0.374. The Hall–Kier alpha value is 0.434. The highest BCUT2D eigenvalue weighted by Gasteiger charge is 1.39. The van der Waals surface area contributed by atoms with Crippen LogP contribution in [0.5, 0.6) is 0 Å². The Bertz CT molecular complexity index is 4.00. The van der Waals surface area contributed by atoms with E-state index in [2.05, 4.69) is 13.1 Å². The molecule has 0 aromatic rings. The third-order valence-corrected chi connectivity index (χ3v) is 0. The van der Waals surface area contributed by atoms with Crippen LogP contribution >= 0.6 is 0 Å². The average molecular weight is 86.2 g/mol. The van der Waals surface area contributed by atoms with E-state index >= 15 is 0 Å². The number of rotatable bonds is 0. The molecule has 0 nitrogen and oxygen atoms in total. The smallest absolute Gasteiger partial charge is 0.0307 e. The molecule has 0 heterocycles. The summed E-state index contributed by atoms with van der Waals surface area (Å²) in [5.41, 5.74) is 0. The van der Waals surface area contributed by atoms with Crippen molar-refractivity contribution in [1.82, 2.24) is 0 Å². The van der Waals surface area contributed by atoms with E-state index in [4.69, 9.17) is 0 Å². The third kappa shape index (κ3) is 26.6. The lowest BCUT2D eigenvalue weighted by Crippen LogP contribution is -1.53. The zero-order valence-corrected chi connectivity index (χ0v) is 5.00. The van der Waals surface area contributed by atoms with Gasteiger partial charge >= 0.3 is 0 Å². The van der Waals surface area contributed by atoms with Gasteiger partial charge < -0.3 is 0 Å². The Labute approximate surface area is 34.5 Å². The van der Waals surface area contributed by atoms with Gasteiger partial charge in [0.25, 0.3) is 0 Å². The third-order valence-electron chi connectivity index (χ3n) is 0. The molecule has 0 N–H and O–H groups in total. The SMILES string of the molecule is C[Si]C.[Si]. The minimum atomic E-state index is 0. The van der Waals surface area contributed by atoms with Crippen molar-refractivity contribution in [2.75, 3.05) is 0 Å². The largest absolute Gasteiger partial charge is 0.0735 e. The highest BCUT2D eigenvalue weighted by atomic mass is 28.2. The first-order valence-electron chi connectivity index (χ1n) is 1.00. The predicted octanol–water partition coefficient (Wildman–Crippen LogP) is 0.406. The average Bonchev–Trinajstić information content (AvgIpc) is 0.918. The molecule has 0 aromatic heterocycles. The minimum absolute atomic E-state index is 0. The summed E-state index contributed by atoms with van der Waals surface area (Å²) >= 11 is 0. The summed E-state index contributed by atoms with van der Waals surface area (Å²) in [6.45, 7) is 4.31. The fourth-order valence-electron chi connectivity index (χ4n) is 0. The summed E-state index contributed by atoms with van der Waals surface area (Å²) in [7, 11) is 1.08. The molecule has 0 saturated heterocycles. The van der Waals surface area contributed by atoms with Crippen molar-refractivity contribution >= 4 is 20.5 Å². The molecule has 0 atom stereocenters. The van der Waals surface area contributed by atoms with Gasteiger partial charge in [0.2, 0.25) is 0 Å². The molecule has 0 aromatic carbocycles. The normalized spacial score (nSPS) is 4.50. The molecule has 6 radical (unpaired) electrons. The van der Waals surface area contributed by atoms with Crippen molar-refractivity contribution in [3.05, 3.63) is 0 Å². The first-order valence-corrected chi connectivity index (χ1v) is 3.00. The Balaban J connectivity index is 0. The fourth-order valence-corrected chi connectivity index (χ4v) is 0. The van der Waals surface area contributed by atoms with Crippen molar-refractivity contribution < 1.29 is 0 Å². The molecule has 0 rings (SSSR count). The first-order chi connectivity index (χ1) is 1.41. The van der Waals surface area contributed by atoms with Crippen LogP contribution in [0.15, 0.2) is 0 Å². The summed E-state index contributed by atoms with van der Waals surface area (Å²) < 4.78 is 0. The van der Waals surface area contributed by atoms with Crippen molar-refractivity contribution in [2.45, 2.75) is 13.1 Å². The van der Waals surface area contributed by atoms with Gasteiger partial charge in [-0.25, -0.2) is 0 Å². The van der Waals surface area contributed by atoms with Crippen LogP contribution in [-0.4, -0.2) is 20.5 Å². The van der Waals surface area contributed by atoms with E-state index in [0.717, 1.165) is 9.52 Å². The Morgan fingerprint density at radius 1 is 1.25 bits per heavy atom. The monoisotopic (exact) mass is 86.0 g/mol. The standard InChI is InChI=1S/C2H6Si.Si/c1-3-2;/h1-2H3;. The maximum atomic E-state index is 2.15. The summed E-state index contributed by atoms with van der Waals surface area (Å²) in [5.74, 6) is 0. The van der Waals surface area contributed by atoms with E-state index in [1.807, 2.05) is 0 Å². The number of hydrogen-bond donors (Lipinski definition) is 0. The van der Waals surface area contributed by atoms with Crippen LogP contribution in [0.25, 0.3) is 0 Å². The molecule has 0 saturated carbocycles. The fraction of sp³-hybridized carbons (Fsp3) is 1.00. The van der Waals surface area contributed by atoms with Gasteiger partial charge in [0, 0.05) is 20.5 Å². The molecule has 2 heteroatoms. The van der Waals surface area contributed by atoms with Crippen LogP contribution in [0.1, 0.15) is 0 Å². The van der Waals surface area contributed by atoms with Crippen LogP contribution in [0.2, 0.25) is 13.1 Å². The lowest BCUT2D eigenvalue weighted by molar-refractivity contribution is 2.14. The van der Waals surface area contributed by atoms with E-state index in [1.54, 1.807) is 0 Å². The van der Waals surface area contributed by atoms with E-state index in [-0.39, 0.29) is 11.0 Å². The lowest BCUT2D eigenvalue weighted by Gasteiger charge is -1.44. The second-order valence-electron chi connectivity index (χ2n) is 0.500. The van der Waals surface area contributed by atoms with Gasteiger partial charge in [-0.05, 0) is 0 Å². The maximum Gasteiger partial charge on any atom is 0.0307 e. The molecule has 0 fully saturated rings. The second-order valence-corrected chi connectivity index (χ2v) is 1.50. The molecule has 0 aliphatic heterocycles. The van der Waals surface area contributed by atoms with E-state index in [9.17, 15) is 0 Å². The highest BCUT2D eigenvalue weighted by Crippen LogP contribution is 1.36. The molecule has 0 aliphatic rings. The molecule has 22 valence electrons. The predicted molar refractivity (Wildman–Crippen MR) is 23.2 cm³/mol. The number of hydrogen-bond acceptors (Lipinski definition) is 0. The van der Waals surface area contributed by atoms with E-state index < -0.39 is 0 Å². The van der Waals surface area contributed by atoms with E-state index in [0.29, 0.717) is 0 Å². The lowest BCUT2D eigenvalue weighted by atomic mass is 11.9. The van der Waals surface area contributed by atoms with Gasteiger partial charge in [-0.3, -0.25) is 0 Å². The van der Waals surface area contributed by atoms with Gasteiger partial charge in [0.05, 0.1) is 0 Å². The molecule has 0 aliphatic carbocycles. The summed E-state index contributed by atoms with van der Waals surface area (Å²) in [4.78, 5) is 0. The van der Waals surface area contributed by atoms with Gasteiger partial charge in [0.15, 0.2) is 0 Å². The zero-order chi connectivity index (χ0) is 2.71. The van der Waals surface area contributed by atoms with Crippen molar-refractivity contribution in [1.29, 1.82) is 0 Å². The summed E-state index contributed by atoms with van der Waals surface area (Å²) in [6, 6.07) is 0. The molecule has 0 bridgehead atoms. The Morgan fingerprint density at radius 2 is 1.25 bits per heavy atom. The molecule has 0 unspecified atom stereocenters. The van der Waals surface area contributed by atoms with Crippen molar-refractivity contribution in [3.63, 3.8) is 0 Å². The van der Waals surface area contributed by atoms with Gasteiger partial charge in [-0.1, -0.05) is 13.1 Å². The zero-order valence-electron chi connectivity index (χ0n) is 3.00. The van der Waals surface area contributed by atoms with E-state index in [1.165, 1.54) is 0 Å².